The molecule has 1 fully saturated rings. The highest BCUT2D eigenvalue weighted by atomic mass is 16.5. The van der Waals surface area contributed by atoms with Crippen molar-refractivity contribution in [3.63, 3.8) is 0 Å². The van der Waals surface area contributed by atoms with Crippen LogP contribution in [0.2, 0.25) is 0 Å². The van der Waals surface area contributed by atoms with Crippen LogP contribution < -0.4 is 0 Å². The summed E-state index contributed by atoms with van der Waals surface area (Å²) in [5.41, 5.74) is 1.82. The van der Waals surface area contributed by atoms with Gasteiger partial charge in [-0.15, -0.1) is 0 Å². The van der Waals surface area contributed by atoms with Gasteiger partial charge in [0.25, 0.3) is 0 Å². The number of aromatic amines is 1. The molecule has 0 amide bonds. The molecule has 3 N–H and O–H groups in total. The number of hydrogen-bond donors (Lipinski definition) is 3. The Morgan fingerprint density at radius 3 is 2.36 bits per heavy atom. The van der Waals surface area contributed by atoms with Crippen LogP contribution in [-0.2, 0) is 4.74 Å². The molecule has 22 heavy (non-hydrogen) atoms. The van der Waals surface area contributed by atoms with Gasteiger partial charge in [0.15, 0.2) is 5.65 Å². The first-order chi connectivity index (χ1) is 10.7. The molecular formula is C15H16N4O3. The fourth-order valence-electron chi connectivity index (χ4n) is 2.14. The van der Waals surface area contributed by atoms with E-state index in [0.717, 1.165) is 13.2 Å². The number of aromatic nitrogens is 4. The maximum atomic E-state index is 9.40. The Kier molecular flexibility index (Phi) is 4.15. The number of phenolic OH excluding ortho intramolecular Hbond substituents is 2. The fourth-order valence-corrected chi connectivity index (χ4v) is 2.14. The normalized spacial score (nSPS) is 13.8. The van der Waals surface area contributed by atoms with E-state index in [1.54, 1.807) is 6.20 Å². The predicted molar refractivity (Wildman–Crippen MR) is 80.5 cm³/mol. The predicted octanol–water partition coefficient (Wildman–Crippen LogP) is 2.23. The minimum atomic E-state index is -0.0217. The number of H-pyrrole nitrogens is 1. The summed E-state index contributed by atoms with van der Waals surface area (Å²) in [6.45, 7) is 2.00. The molecule has 0 saturated carbocycles. The average Bonchev–Trinajstić information content (AvgIpc) is 3.19. The van der Waals surface area contributed by atoms with Gasteiger partial charge in [0.1, 0.15) is 29.2 Å². The molecule has 3 heterocycles. The van der Waals surface area contributed by atoms with Crippen LogP contribution >= 0.6 is 0 Å². The van der Waals surface area contributed by atoms with E-state index in [1.807, 2.05) is 0 Å². The Morgan fingerprint density at radius 1 is 1.05 bits per heavy atom. The quantitative estimate of drug-likeness (QED) is 0.636. The SMILES string of the molecule is C1CCOC1.Oc1cc(O)cc(-c2nc3ncncc3[nH]2)c1. The lowest BCUT2D eigenvalue weighted by Crippen LogP contribution is -1.80. The molecule has 1 saturated heterocycles. The van der Waals surface area contributed by atoms with Crippen molar-refractivity contribution in [2.45, 2.75) is 12.8 Å². The lowest BCUT2D eigenvalue weighted by atomic mass is 10.2. The average molecular weight is 300 g/mol. The zero-order valence-electron chi connectivity index (χ0n) is 11.9. The van der Waals surface area contributed by atoms with Gasteiger partial charge in [-0.2, -0.15) is 0 Å². The number of nitrogens with one attached hydrogen (secondary N) is 1. The summed E-state index contributed by atoms with van der Waals surface area (Å²) in [5.74, 6) is 0.477. The summed E-state index contributed by atoms with van der Waals surface area (Å²) in [6, 6.07) is 4.27. The third-order valence-electron chi connectivity index (χ3n) is 3.17. The van der Waals surface area contributed by atoms with Crippen molar-refractivity contribution in [1.29, 1.82) is 0 Å². The van der Waals surface area contributed by atoms with Crippen molar-refractivity contribution < 1.29 is 14.9 Å². The molecule has 4 rings (SSSR count). The molecule has 1 aliphatic heterocycles. The van der Waals surface area contributed by atoms with Gasteiger partial charge in [-0.05, 0) is 25.0 Å². The van der Waals surface area contributed by atoms with Gasteiger partial charge in [0.2, 0.25) is 0 Å². The Morgan fingerprint density at radius 2 is 1.77 bits per heavy atom. The third kappa shape index (κ3) is 3.32. The van der Waals surface area contributed by atoms with Crippen LogP contribution in [0.15, 0.2) is 30.7 Å². The van der Waals surface area contributed by atoms with Crippen molar-refractivity contribution in [1.82, 2.24) is 19.9 Å². The second-order valence-corrected chi connectivity index (χ2v) is 4.90. The number of hydrogen-bond acceptors (Lipinski definition) is 6. The highest BCUT2D eigenvalue weighted by Crippen LogP contribution is 2.27. The number of nitrogens with zero attached hydrogens (tertiary/aromatic N) is 3. The zero-order chi connectivity index (χ0) is 15.4. The van der Waals surface area contributed by atoms with Crippen LogP contribution in [0.1, 0.15) is 12.8 Å². The zero-order valence-corrected chi connectivity index (χ0v) is 11.9. The summed E-state index contributed by atoms with van der Waals surface area (Å²) in [5, 5.41) is 18.8. The van der Waals surface area contributed by atoms with Crippen LogP contribution in [-0.4, -0.2) is 43.4 Å². The largest absolute Gasteiger partial charge is 0.508 e. The molecule has 1 aliphatic rings. The smallest absolute Gasteiger partial charge is 0.181 e. The third-order valence-corrected chi connectivity index (χ3v) is 3.17. The maximum Gasteiger partial charge on any atom is 0.181 e. The molecule has 114 valence electrons. The van der Waals surface area contributed by atoms with E-state index in [4.69, 9.17) is 4.74 Å². The van der Waals surface area contributed by atoms with Gasteiger partial charge in [-0.1, -0.05) is 0 Å². The summed E-state index contributed by atoms with van der Waals surface area (Å²) < 4.78 is 4.94. The van der Waals surface area contributed by atoms with Crippen molar-refractivity contribution in [2.75, 3.05) is 13.2 Å². The van der Waals surface area contributed by atoms with E-state index in [2.05, 4.69) is 19.9 Å². The second kappa shape index (κ2) is 6.40. The van der Waals surface area contributed by atoms with Crippen LogP contribution in [0, 0.1) is 0 Å². The molecule has 1 aromatic carbocycles. The van der Waals surface area contributed by atoms with Gasteiger partial charge < -0.3 is 19.9 Å². The molecule has 0 radical (unpaired) electrons. The summed E-state index contributed by atoms with van der Waals surface area (Å²) in [4.78, 5) is 15.1. The highest BCUT2D eigenvalue weighted by molar-refractivity contribution is 5.75. The lowest BCUT2D eigenvalue weighted by molar-refractivity contribution is 0.198. The number of benzene rings is 1. The highest BCUT2D eigenvalue weighted by Gasteiger charge is 2.08. The Balaban J connectivity index is 0.000000246. The van der Waals surface area contributed by atoms with Crippen LogP contribution in [0.3, 0.4) is 0 Å². The standard InChI is InChI=1S/C11H8N4O2.C4H8O/c16-7-1-6(2-8(17)3-7)10-14-9-4-12-5-13-11(9)15-10;1-2-4-5-3-1/h1-5,16-17H,(H,12,13,14,15);1-4H2. The van der Waals surface area contributed by atoms with Gasteiger partial charge in [0.05, 0.1) is 6.20 Å². The number of rotatable bonds is 1. The van der Waals surface area contributed by atoms with Gasteiger partial charge in [0, 0.05) is 24.8 Å². The molecule has 0 atom stereocenters. The fraction of sp³-hybridized carbons (Fsp3) is 0.267. The first-order valence-electron chi connectivity index (χ1n) is 6.99. The minimum Gasteiger partial charge on any atom is -0.508 e. The molecule has 0 unspecified atom stereocenters. The molecule has 0 bridgehead atoms. The number of fused-ring (bicyclic) bond motifs is 1. The number of ether oxygens (including phenoxy) is 1. The molecule has 7 nitrogen and oxygen atoms in total. The second-order valence-electron chi connectivity index (χ2n) is 4.90. The molecule has 0 spiro atoms. The summed E-state index contributed by atoms with van der Waals surface area (Å²) in [7, 11) is 0. The van der Waals surface area contributed by atoms with Crippen LogP contribution in [0.4, 0.5) is 0 Å². The van der Waals surface area contributed by atoms with Crippen LogP contribution in [0.5, 0.6) is 11.5 Å². The summed E-state index contributed by atoms with van der Waals surface area (Å²) in [6.07, 6.45) is 5.58. The Bertz CT molecular complexity index is 707. The van der Waals surface area contributed by atoms with Crippen molar-refractivity contribution in [2.24, 2.45) is 0 Å². The Labute approximate surface area is 126 Å². The monoisotopic (exact) mass is 300 g/mol. The number of phenols is 2. The van der Waals surface area contributed by atoms with Crippen molar-refractivity contribution in [3.05, 3.63) is 30.7 Å². The molecule has 0 aliphatic carbocycles. The topological polar surface area (TPSA) is 104 Å². The van der Waals surface area contributed by atoms with E-state index in [0.29, 0.717) is 22.6 Å². The van der Waals surface area contributed by atoms with Gasteiger partial charge in [-0.3, -0.25) is 0 Å². The Hall–Kier alpha value is -2.67. The van der Waals surface area contributed by atoms with Gasteiger partial charge in [-0.25, -0.2) is 15.0 Å². The molecule has 3 aromatic rings. The van der Waals surface area contributed by atoms with E-state index in [1.165, 1.54) is 37.4 Å². The van der Waals surface area contributed by atoms with Crippen molar-refractivity contribution in [3.8, 4) is 22.9 Å². The first kappa shape index (κ1) is 14.3. The number of imidazole rings is 1. The van der Waals surface area contributed by atoms with Crippen molar-refractivity contribution >= 4 is 11.2 Å². The minimum absolute atomic E-state index is 0.0217. The molecule has 2 aromatic heterocycles. The van der Waals surface area contributed by atoms with E-state index < -0.39 is 0 Å². The molecule has 7 heteroatoms. The van der Waals surface area contributed by atoms with E-state index in [-0.39, 0.29) is 11.5 Å². The lowest BCUT2D eigenvalue weighted by Gasteiger charge is -1.99. The van der Waals surface area contributed by atoms with Gasteiger partial charge >= 0.3 is 0 Å². The summed E-state index contributed by atoms with van der Waals surface area (Å²) >= 11 is 0. The molecular weight excluding hydrogens is 284 g/mol. The van der Waals surface area contributed by atoms with Crippen LogP contribution in [0.25, 0.3) is 22.6 Å². The van der Waals surface area contributed by atoms with E-state index in [9.17, 15) is 10.2 Å². The first-order valence-corrected chi connectivity index (χ1v) is 6.99. The van der Waals surface area contributed by atoms with E-state index >= 15 is 0 Å². The maximum absolute atomic E-state index is 9.40. The number of aromatic hydroxyl groups is 2.